The van der Waals surface area contributed by atoms with Crippen LogP contribution in [0.3, 0.4) is 0 Å². The Bertz CT molecular complexity index is 234. The molecule has 2 rings (SSSR count). The van der Waals surface area contributed by atoms with Crippen molar-refractivity contribution in [2.45, 2.75) is 12.5 Å². The first-order valence-corrected chi connectivity index (χ1v) is 5.01. The van der Waals surface area contributed by atoms with Gasteiger partial charge in [0.1, 0.15) is 0 Å². The summed E-state index contributed by atoms with van der Waals surface area (Å²) in [7, 11) is 0. The van der Waals surface area contributed by atoms with Crippen molar-refractivity contribution in [3.63, 3.8) is 0 Å². The highest BCUT2D eigenvalue weighted by molar-refractivity contribution is 9.10. The zero-order valence-corrected chi connectivity index (χ0v) is 9.06. The fourth-order valence-electron chi connectivity index (χ4n) is 1.04. The zero-order chi connectivity index (χ0) is 6.97. The Morgan fingerprint density at radius 2 is 2.36 bits per heavy atom. The highest BCUT2D eigenvalue weighted by Crippen LogP contribution is 2.30. The van der Waals surface area contributed by atoms with E-state index >= 15 is 0 Å². The Hall–Kier alpha value is 0.430. The van der Waals surface area contributed by atoms with Crippen molar-refractivity contribution in [3.05, 3.63) is 20.8 Å². The molecule has 4 heteroatoms. The maximum absolute atomic E-state index is 3.44. The van der Waals surface area contributed by atoms with Gasteiger partial charge in [0.15, 0.2) is 0 Å². The molecule has 0 unspecified atom stereocenters. The van der Waals surface area contributed by atoms with E-state index in [0.717, 1.165) is 0 Å². The second-order valence-corrected chi connectivity index (χ2v) is 4.32. The molecule has 2 heterocycles. The highest BCUT2D eigenvalue weighted by Gasteiger charge is 2.19. The van der Waals surface area contributed by atoms with Gasteiger partial charge in [-0.2, -0.15) is 0 Å². The Labute approximate surface area is 84.7 Å². The van der Waals surface area contributed by atoms with Crippen molar-refractivity contribution >= 4 is 39.7 Å². The number of hydrogen-bond acceptors (Lipinski definition) is 2. The molecule has 1 N–H and O–H groups in total. The SMILES string of the molecule is Brc1csc([C@@H]2CCN2)c1.Cl. The van der Waals surface area contributed by atoms with Crippen LogP contribution in [-0.2, 0) is 0 Å². The summed E-state index contributed by atoms with van der Waals surface area (Å²) in [4.78, 5) is 1.46. The van der Waals surface area contributed by atoms with Crippen LogP contribution in [-0.4, -0.2) is 6.54 Å². The van der Waals surface area contributed by atoms with Crippen molar-refractivity contribution in [1.29, 1.82) is 0 Å². The molecule has 1 aromatic rings. The smallest absolute Gasteiger partial charge is 0.0427 e. The van der Waals surface area contributed by atoms with Crippen molar-refractivity contribution in [1.82, 2.24) is 5.32 Å². The van der Waals surface area contributed by atoms with E-state index in [1.807, 2.05) is 11.3 Å². The van der Waals surface area contributed by atoms with Crippen LogP contribution in [0.5, 0.6) is 0 Å². The Kier molecular flexibility index (Phi) is 3.37. The molecule has 0 bridgehead atoms. The molecule has 1 saturated heterocycles. The predicted octanol–water partition coefficient (Wildman–Crippen LogP) is 2.97. The number of rotatable bonds is 1. The first kappa shape index (κ1) is 9.52. The second kappa shape index (κ2) is 3.90. The third kappa shape index (κ3) is 1.96. The third-order valence-corrected chi connectivity index (χ3v) is 3.56. The van der Waals surface area contributed by atoms with Gasteiger partial charge in [-0.3, -0.25) is 0 Å². The van der Waals surface area contributed by atoms with Crippen molar-refractivity contribution < 1.29 is 0 Å². The summed E-state index contributed by atoms with van der Waals surface area (Å²) in [6, 6.07) is 2.85. The van der Waals surface area contributed by atoms with Crippen LogP contribution in [0, 0.1) is 0 Å². The largest absolute Gasteiger partial charge is 0.309 e. The lowest BCUT2D eigenvalue weighted by molar-refractivity contribution is 0.389. The average molecular weight is 255 g/mol. The quantitative estimate of drug-likeness (QED) is 0.812. The molecule has 0 saturated carbocycles. The van der Waals surface area contributed by atoms with Crippen molar-refractivity contribution in [2.24, 2.45) is 0 Å². The molecule has 0 spiro atoms. The van der Waals surface area contributed by atoms with Crippen molar-refractivity contribution in [2.75, 3.05) is 6.54 Å². The van der Waals surface area contributed by atoms with Crippen molar-refractivity contribution in [3.8, 4) is 0 Å². The maximum atomic E-state index is 3.44. The molecule has 1 aromatic heterocycles. The van der Waals surface area contributed by atoms with Gasteiger partial charge in [-0.1, -0.05) is 0 Å². The van der Waals surface area contributed by atoms with E-state index in [9.17, 15) is 0 Å². The number of halogens is 2. The molecule has 0 aliphatic carbocycles. The second-order valence-electron chi connectivity index (χ2n) is 2.46. The number of thiophene rings is 1. The summed E-state index contributed by atoms with van der Waals surface area (Å²) in [5.41, 5.74) is 0. The molecule has 1 atom stereocenters. The first-order chi connectivity index (χ1) is 4.86. The molecule has 1 nitrogen and oxygen atoms in total. The summed E-state index contributed by atoms with van der Waals surface area (Å²) >= 11 is 5.26. The summed E-state index contributed by atoms with van der Waals surface area (Å²) in [5, 5.41) is 5.50. The van der Waals surface area contributed by atoms with Crippen LogP contribution in [0.1, 0.15) is 17.3 Å². The summed E-state index contributed by atoms with van der Waals surface area (Å²) in [5.74, 6) is 0. The van der Waals surface area contributed by atoms with Crippen LogP contribution in [0.25, 0.3) is 0 Å². The first-order valence-electron chi connectivity index (χ1n) is 3.33. The lowest BCUT2D eigenvalue weighted by Gasteiger charge is -2.26. The van der Waals surface area contributed by atoms with E-state index < -0.39 is 0 Å². The standard InChI is InChI=1S/C7H8BrNS.ClH/c8-5-3-7(10-4-5)6-1-2-9-6;/h3-4,6,9H,1-2H2;1H/t6-;/m0./s1. The monoisotopic (exact) mass is 253 g/mol. The molecular formula is C7H9BrClNS. The molecule has 62 valence electrons. The van der Waals surface area contributed by atoms with E-state index in [1.165, 1.54) is 22.3 Å². The Morgan fingerprint density at radius 3 is 2.73 bits per heavy atom. The van der Waals surface area contributed by atoms with Crippen LogP contribution in [0.2, 0.25) is 0 Å². The fourth-order valence-corrected chi connectivity index (χ4v) is 2.60. The molecule has 0 aromatic carbocycles. The molecule has 1 aliphatic heterocycles. The Balaban J connectivity index is 0.000000605. The van der Waals surface area contributed by atoms with Gasteiger partial charge in [0.25, 0.3) is 0 Å². The van der Waals surface area contributed by atoms with Crippen LogP contribution in [0.15, 0.2) is 15.9 Å². The van der Waals surface area contributed by atoms with Gasteiger partial charge in [-0.25, -0.2) is 0 Å². The van der Waals surface area contributed by atoms with Crippen LogP contribution in [0.4, 0.5) is 0 Å². The lowest BCUT2D eigenvalue weighted by atomic mass is 10.1. The van der Waals surface area contributed by atoms with Gasteiger partial charge in [0.05, 0.1) is 0 Å². The van der Waals surface area contributed by atoms with Crippen LogP contribution >= 0.6 is 39.7 Å². The van der Waals surface area contributed by atoms with E-state index in [1.54, 1.807) is 0 Å². The van der Waals surface area contributed by atoms with Crippen LogP contribution < -0.4 is 5.32 Å². The Morgan fingerprint density at radius 1 is 1.64 bits per heavy atom. The summed E-state index contributed by atoms with van der Waals surface area (Å²) in [6.07, 6.45) is 1.30. The van der Waals surface area contributed by atoms with E-state index in [0.29, 0.717) is 6.04 Å². The van der Waals surface area contributed by atoms with Gasteiger partial charge < -0.3 is 5.32 Å². The van der Waals surface area contributed by atoms with E-state index in [-0.39, 0.29) is 12.4 Å². The highest BCUT2D eigenvalue weighted by atomic mass is 79.9. The molecular weight excluding hydrogens is 246 g/mol. The lowest BCUT2D eigenvalue weighted by Crippen LogP contribution is -2.34. The summed E-state index contributed by atoms with van der Waals surface area (Å²) in [6.45, 7) is 1.18. The molecule has 1 aliphatic rings. The molecule has 0 radical (unpaired) electrons. The van der Waals surface area contributed by atoms with E-state index in [2.05, 4.69) is 32.7 Å². The number of nitrogens with one attached hydrogen (secondary N) is 1. The summed E-state index contributed by atoms with van der Waals surface area (Å²) < 4.78 is 1.21. The van der Waals surface area contributed by atoms with Gasteiger partial charge in [-0.15, -0.1) is 23.7 Å². The van der Waals surface area contributed by atoms with E-state index in [4.69, 9.17) is 0 Å². The van der Waals surface area contributed by atoms with Gasteiger partial charge in [-0.05, 0) is 35.0 Å². The molecule has 0 amide bonds. The fraction of sp³-hybridized carbons (Fsp3) is 0.429. The number of hydrogen-bond donors (Lipinski definition) is 1. The minimum atomic E-state index is 0. The predicted molar refractivity (Wildman–Crippen MR) is 54.6 cm³/mol. The zero-order valence-electron chi connectivity index (χ0n) is 5.84. The third-order valence-electron chi connectivity index (χ3n) is 1.75. The van der Waals surface area contributed by atoms with Gasteiger partial charge in [0, 0.05) is 20.8 Å². The molecule has 11 heavy (non-hydrogen) atoms. The minimum Gasteiger partial charge on any atom is -0.309 e. The minimum absolute atomic E-state index is 0. The van der Waals surface area contributed by atoms with Gasteiger partial charge in [0.2, 0.25) is 0 Å². The maximum Gasteiger partial charge on any atom is 0.0427 e. The topological polar surface area (TPSA) is 12.0 Å². The van der Waals surface area contributed by atoms with Gasteiger partial charge >= 0.3 is 0 Å². The average Bonchev–Trinajstić information content (AvgIpc) is 2.10. The molecule has 1 fully saturated rings. The normalized spacial score (nSPS) is 22.1.